The normalized spacial score (nSPS) is 18.9. The van der Waals surface area contributed by atoms with Crippen molar-refractivity contribution in [2.75, 3.05) is 0 Å². The highest BCUT2D eigenvalue weighted by molar-refractivity contribution is 7.11. The van der Waals surface area contributed by atoms with E-state index in [4.69, 9.17) is 0 Å². The molecule has 0 saturated heterocycles. The van der Waals surface area contributed by atoms with Gasteiger partial charge in [0.05, 0.1) is 6.54 Å². The molecule has 2 heteroatoms. The van der Waals surface area contributed by atoms with Crippen LogP contribution in [0.4, 0.5) is 0 Å². The van der Waals surface area contributed by atoms with Gasteiger partial charge in [-0.15, -0.1) is 11.3 Å². The Labute approximate surface area is 183 Å². The molecule has 2 aromatic carbocycles. The zero-order valence-electron chi connectivity index (χ0n) is 17.7. The second-order valence-corrected chi connectivity index (χ2v) is 9.42. The van der Waals surface area contributed by atoms with E-state index >= 15 is 0 Å². The van der Waals surface area contributed by atoms with Crippen LogP contribution in [0.5, 0.6) is 0 Å². The van der Waals surface area contributed by atoms with Crippen LogP contribution in [0.15, 0.2) is 70.6 Å². The van der Waals surface area contributed by atoms with E-state index in [2.05, 4.69) is 78.8 Å². The molecule has 6 rings (SSSR count). The van der Waals surface area contributed by atoms with Crippen LogP contribution in [0.3, 0.4) is 0 Å². The Kier molecular flexibility index (Phi) is 5.26. The number of fused-ring (bicyclic) bond motifs is 5. The molecule has 0 saturated carbocycles. The minimum absolute atomic E-state index is 0.640. The van der Waals surface area contributed by atoms with E-state index in [1.54, 1.807) is 22.5 Å². The first-order valence-corrected chi connectivity index (χ1v) is 11.7. The molecule has 0 spiro atoms. The Bertz CT molecular complexity index is 1220. The Morgan fingerprint density at radius 1 is 1.07 bits per heavy atom. The van der Waals surface area contributed by atoms with E-state index in [0.29, 0.717) is 5.92 Å². The number of aliphatic imine (C=N–C) groups is 1. The van der Waals surface area contributed by atoms with Gasteiger partial charge in [-0.2, -0.15) is 0 Å². The molecule has 1 nitrogen and oxygen atoms in total. The average molecular weight is 410 g/mol. The van der Waals surface area contributed by atoms with E-state index in [1.807, 2.05) is 12.3 Å². The highest BCUT2D eigenvalue weighted by Gasteiger charge is 2.25. The first kappa shape index (κ1) is 19.3. The van der Waals surface area contributed by atoms with E-state index in [-0.39, 0.29) is 0 Å². The summed E-state index contributed by atoms with van der Waals surface area (Å²) in [6.07, 6.45) is 14.3. The smallest absolute Gasteiger partial charge is 0.0653 e. The number of hydrogen-bond donors (Lipinski definition) is 0. The number of aryl methyl sites for hydroxylation is 1. The number of thiophene rings is 1. The molecule has 2 aliphatic carbocycles. The standard InChI is InChI=1S/C20H20.C8H7NS/c1-13-7-9-18-16(11-13)8-10-19-17-6-4-3-5-15(17)12-14(2)20(18)19;1-2-8-7(3-5-10-8)6-9-4-1/h4,6-11,14H,3,5,12H2,1-2H3;1-5H,6H2. The van der Waals surface area contributed by atoms with Gasteiger partial charge in [-0.25, -0.2) is 0 Å². The van der Waals surface area contributed by atoms with Crippen LogP contribution in [0.1, 0.15) is 59.2 Å². The maximum atomic E-state index is 4.18. The molecule has 30 heavy (non-hydrogen) atoms. The number of rotatable bonds is 0. The van der Waals surface area contributed by atoms with Gasteiger partial charge in [0.15, 0.2) is 0 Å². The third-order valence-electron chi connectivity index (χ3n) is 6.31. The minimum atomic E-state index is 0.640. The summed E-state index contributed by atoms with van der Waals surface area (Å²) in [5.41, 5.74) is 8.90. The monoisotopic (exact) mass is 409 g/mol. The quantitative estimate of drug-likeness (QED) is 0.355. The Morgan fingerprint density at radius 2 is 2.00 bits per heavy atom. The highest BCUT2D eigenvalue weighted by Crippen LogP contribution is 2.45. The molecule has 3 aromatic rings. The van der Waals surface area contributed by atoms with Gasteiger partial charge in [0, 0.05) is 11.1 Å². The fourth-order valence-corrected chi connectivity index (χ4v) is 5.70. The Morgan fingerprint density at radius 3 is 2.93 bits per heavy atom. The summed E-state index contributed by atoms with van der Waals surface area (Å²) in [5.74, 6) is 0.640. The van der Waals surface area contributed by atoms with Gasteiger partial charge in [0.2, 0.25) is 0 Å². The van der Waals surface area contributed by atoms with E-state index < -0.39 is 0 Å². The van der Waals surface area contributed by atoms with Gasteiger partial charge in [-0.05, 0) is 88.7 Å². The summed E-state index contributed by atoms with van der Waals surface area (Å²) in [7, 11) is 0. The molecule has 150 valence electrons. The molecule has 1 unspecified atom stereocenters. The molecule has 3 aliphatic rings. The summed E-state index contributed by atoms with van der Waals surface area (Å²) in [6.45, 7) is 5.40. The number of benzene rings is 2. The molecule has 0 N–H and O–H groups in total. The average Bonchev–Trinajstić information content (AvgIpc) is 3.09. The Balaban J connectivity index is 0.000000161. The predicted octanol–water partition coefficient (Wildman–Crippen LogP) is 8.10. The van der Waals surface area contributed by atoms with Crippen molar-refractivity contribution in [3.8, 4) is 0 Å². The van der Waals surface area contributed by atoms with Crippen LogP contribution in [0, 0.1) is 6.92 Å². The van der Waals surface area contributed by atoms with Gasteiger partial charge in [-0.1, -0.05) is 60.5 Å². The summed E-state index contributed by atoms with van der Waals surface area (Å²) < 4.78 is 0. The number of nitrogens with zero attached hydrogens (tertiary/aromatic N) is 1. The van der Waals surface area contributed by atoms with E-state index in [0.717, 1.165) is 6.54 Å². The van der Waals surface area contributed by atoms with Crippen LogP contribution >= 0.6 is 11.3 Å². The van der Waals surface area contributed by atoms with Crippen LogP contribution in [-0.2, 0) is 6.54 Å². The lowest BCUT2D eigenvalue weighted by atomic mass is 9.75. The SMILES string of the molecule is C1=Cc2sccc2CN=C1.Cc1ccc2c3c(ccc2c1)C1=C(CCC=C1)CC3C. The summed E-state index contributed by atoms with van der Waals surface area (Å²) in [4.78, 5) is 5.52. The predicted molar refractivity (Wildman–Crippen MR) is 133 cm³/mol. The van der Waals surface area contributed by atoms with Crippen molar-refractivity contribution >= 4 is 40.0 Å². The van der Waals surface area contributed by atoms with E-state index in [9.17, 15) is 0 Å². The lowest BCUT2D eigenvalue weighted by Gasteiger charge is -2.30. The summed E-state index contributed by atoms with van der Waals surface area (Å²) in [6, 6.07) is 13.6. The lowest BCUT2D eigenvalue weighted by molar-refractivity contribution is 0.710. The minimum Gasteiger partial charge on any atom is -0.288 e. The highest BCUT2D eigenvalue weighted by atomic mass is 32.1. The molecule has 1 aromatic heterocycles. The zero-order chi connectivity index (χ0) is 20.5. The third kappa shape index (κ3) is 3.61. The van der Waals surface area contributed by atoms with Crippen molar-refractivity contribution in [2.45, 2.75) is 45.6 Å². The van der Waals surface area contributed by atoms with Gasteiger partial charge in [-0.3, -0.25) is 4.99 Å². The van der Waals surface area contributed by atoms with E-state index in [1.165, 1.54) is 57.2 Å². The lowest BCUT2D eigenvalue weighted by Crippen LogP contribution is -2.10. The van der Waals surface area contributed by atoms with Gasteiger partial charge in [0.1, 0.15) is 0 Å². The fraction of sp³-hybridized carbons (Fsp3) is 0.250. The fourth-order valence-electron chi connectivity index (χ4n) is 4.88. The molecule has 0 bridgehead atoms. The molecule has 1 atom stereocenters. The summed E-state index contributed by atoms with van der Waals surface area (Å²) in [5, 5.41) is 4.95. The van der Waals surface area contributed by atoms with Crippen molar-refractivity contribution in [3.63, 3.8) is 0 Å². The van der Waals surface area contributed by atoms with Gasteiger partial charge < -0.3 is 0 Å². The number of hydrogen-bond acceptors (Lipinski definition) is 2. The maximum absolute atomic E-state index is 4.18. The van der Waals surface area contributed by atoms with Gasteiger partial charge in [0.25, 0.3) is 0 Å². The molecule has 0 radical (unpaired) electrons. The summed E-state index contributed by atoms with van der Waals surface area (Å²) >= 11 is 1.77. The topological polar surface area (TPSA) is 12.4 Å². The van der Waals surface area contributed by atoms with Gasteiger partial charge >= 0.3 is 0 Å². The second kappa shape index (κ2) is 8.20. The van der Waals surface area contributed by atoms with Crippen molar-refractivity contribution in [3.05, 3.63) is 92.7 Å². The van der Waals surface area contributed by atoms with Crippen LogP contribution < -0.4 is 0 Å². The van der Waals surface area contributed by atoms with Crippen LogP contribution in [0.2, 0.25) is 0 Å². The largest absolute Gasteiger partial charge is 0.288 e. The van der Waals surface area contributed by atoms with Crippen molar-refractivity contribution in [1.29, 1.82) is 0 Å². The van der Waals surface area contributed by atoms with Crippen LogP contribution in [0.25, 0.3) is 22.4 Å². The molecule has 2 heterocycles. The second-order valence-electron chi connectivity index (χ2n) is 8.47. The third-order valence-corrected chi connectivity index (χ3v) is 7.24. The van der Waals surface area contributed by atoms with Crippen LogP contribution in [-0.4, -0.2) is 6.21 Å². The van der Waals surface area contributed by atoms with Crippen molar-refractivity contribution in [2.24, 2.45) is 4.99 Å². The molecular weight excluding hydrogens is 382 g/mol. The maximum Gasteiger partial charge on any atom is 0.0653 e. The Hall–Kier alpha value is -2.71. The first-order chi connectivity index (χ1) is 14.7. The molecule has 1 aliphatic heterocycles. The molecule has 0 amide bonds. The molecule has 0 fully saturated rings. The van der Waals surface area contributed by atoms with Crippen molar-refractivity contribution in [1.82, 2.24) is 0 Å². The zero-order valence-corrected chi connectivity index (χ0v) is 18.5. The molecular formula is C28H27NS. The number of allylic oxidation sites excluding steroid dienone is 5. The first-order valence-electron chi connectivity index (χ1n) is 10.9. The van der Waals surface area contributed by atoms with Crippen molar-refractivity contribution < 1.29 is 0 Å².